The maximum absolute atomic E-state index is 12.5. The third-order valence-electron chi connectivity index (χ3n) is 4.53. The average molecular weight is 267 g/mol. The van der Waals surface area contributed by atoms with Gasteiger partial charge in [0.05, 0.1) is 0 Å². The Hall–Kier alpha value is -0.610. The Morgan fingerprint density at radius 3 is 2.21 bits per heavy atom. The van der Waals surface area contributed by atoms with E-state index in [2.05, 4.69) is 9.80 Å². The van der Waals surface area contributed by atoms with Gasteiger partial charge in [-0.2, -0.15) is 0 Å². The second-order valence-corrected chi connectivity index (χ2v) is 6.00. The van der Waals surface area contributed by atoms with E-state index in [9.17, 15) is 4.79 Å². The molecule has 2 N–H and O–H groups in total. The van der Waals surface area contributed by atoms with Crippen molar-refractivity contribution in [2.75, 3.05) is 39.3 Å². The molecule has 1 amide bonds. The van der Waals surface area contributed by atoms with Crippen LogP contribution in [-0.4, -0.2) is 55.0 Å². The number of likely N-dealkylation sites (tertiary alicyclic amines) is 2. The van der Waals surface area contributed by atoms with Gasteiger partial charge in [0.1, 0.15) is 0 Å². The van der Waals surface area contributed by atoms with Gasteiger partial charge < -0.3 is 15.5 Å². The van der Waals surface area contributed by atoms with Gasteiger partial charge in [0.2, 0.25) is 5.91 Å². The predicted octanol–water partition coefficient (Wildman–Crippen LogP) is 1.45. The molecule has 0 radical (unpaired) electrons. The summed E-state index contributed by atoms with van der Waals surface area (Å²) < 4.78 is 0. The van der Waals surface area contributed by atoms with Crippen LogP contribution in [0.2, 0.25) is 0 Å². The van der Waals surface area contributed by atoms with Crippen molar-refractivity contribution >= 4 is 5.91 Å². The van der Waals surface area contributed by atoms with E-state index in [1.807, 2.05) is 0 Å². The summed E-state index contributed by atoms with van der Waals surface area (Å²) in [5.74, 6) is 0.715. The van der Waals surface area contributed by atoms with E-state index in [4.69, 9.17) is 5.73 Å². The van der Waals surface area contributed by atoms with Crippen LogP contribution in [0.5, 0.6) is 0 Å². The van der Waals surface area contributed by atoms with Gasteiger partial charge in [0, 0.05) is 19.0 Å². The summed E-state index contributed by atoms with van der Waals surface area (Å²) in [6, 6.07) is 0. The monoisotopic (exact) mass is 267 g/mol. The summed E-state index contributed by atoms with van der Waals surface area (Å²) in [7, 11) is 0. The smallest absolute Gasteiger partial charge is 0.225 e. The first kappa shape index (κ1) is 14.8. The van der Waals surface area contributed by atoms with Crippen LogP contribution < -0.4 is 5.73 Å². The summed E-state index contributed by atoms with van der Waals surface area (Å²) >= 11 is 0. The number of hydrogen-bond donors (Lipinski definition) is 1. The maximum atomic E-state index is 12.5. The lowest BCUT2D eigenvalue weighted by Gasteiger charge is -2.34. The number of nitrogens with zero attached hydrogens (tertiary/aromatic N) is 2. The van der Waals surface area contributed by atoms with E-state index < -0.39 is 0 Å². The SMILES string of the molecule is NCCCN1CCC(C(=O)N2CCCCCC2)CC1. The second kappa shape index (κ2) is 7.85. The highest BCUT2D eigenvalue weighted by molar-refractivity contribution is 5.79. The van der Waals surface area contributed by atoms with Crippen molar-refractivity contribution in [1.82, 2.24) is 9.80 Å². The fourth-order valence-electron chi connectivity index (χ4n) is 3.27. The highest BCUT2D eigenvalue weighted by atomic mass is 16.2. The lowest BCUT2D eigenvalue weighted by Crippen LogP contribution is -2.43. The Morgan fingerprint density at radius 1 is 1.00 bits per heavy atom. The van der Waals surface area contributed by atoms with Gasteiger partial charge >= 0.3 is 0 Å². The molecule has 0 unspecified atom stereocenters. The molecule has 2 heterocycles. The van der Waals surface area contributed by atoms with Crippen LogP contribution in [0.15, 0.2) is 0 Å². The molecule has 0 spiro atoms. The lowest BCUT2D eigenvalue weighted by atomic mass is 9.95. The van der Waals surface area contributed by atoms with Crippen molar-refractivity contribution in [3.8, 4) is 0 Å². The van der Waals surface area contributed by atoms with E-state index in [0.29, 0.717) is 5.91 Å². The Bertz CT molecular complexity index is 267. The van der Waals surface area contributed by atoms with Crippen molar-refractivity contribution in [2.24, 2.45) is 11.7 Å². The highest BCUT2D eigenvalue weighted by Gasteiger charge is 2.28. The van der Waals surface area contributed by atoms with Gasteiger partial charge in [-0.15, -0.1) is 0 Å². The minimum Gasteiger partial charge on any atom is -0.342 e. The van der Waals surface area contributed by atoms with Crippen molar-refractivity contribution in [2.45, 2.75) is 44.9 Å². The van der Waals surface area contributed by atoms with Gasteiger partial charge in [0.25, 0.3) is 0 Å². The summed E-state index contributed by atoms with van der Waals surface area (Å²) in [5.41, 5.74) is 5.55. The summed E-state index contributed by atoms with van der Waals surface area (Å²) in [5, 5.41) is 0. The number of rotatable bonds is 4. The van der Waals surface area contributed by atoms with Crippen molar-refractivity contribution < 1.29 is 4.79 Å². The Labute approximate surface area is 117 Å². The van der Waals surface area contributed by atoms with E-state index >= 15 is 0 Å². The largest absolute Gasteiger partial charge is 0.342 e. The van der Waals surface area contributed by atoms with E-state index in [-0.39, 0.29) is 5.92 Å². The molecule has 0 aromatic heterocycles. The first-order valence-electron chi connectivity index (χ1n) is 8.02. The lowest BCUT2D eigenvalue weighted by molar-refractivity contribution is -0.137. The molecule has 2 fully saturated rings. The number of nitrogens with two attached hydrogens (primary N) is 1. The number of hydrogen-bond acceptors (Lipinski definition) is 3. The van der Waals surface area contributed by atoms with Crippen LogP contribution in [0, 0.1) is 5.92 Å². The summed E-state index contributed by atoms with van der Waals surface area (Å²) in [6.45, 7) is 6.00. The maximum Gasteiger partial charge on any atom is 0.225 e. The van der Waals surface area contributed by atoms with Crippen LogP contribution in [0.4, 0.5) is 0 Å². The molecule has 0 saturated carbocycles. The van der Waals surface area contributed by atoms with Gasteiger partial charge in [0.15, 0.2) is 0 Å². The topological polar surface area (TPSA) is 49.6 Å². The van der Waals surface area contributed by atoms with Gasteiger partial charge in [-0.3, -0.25) is 4.79 Å². The highest BCUT2D eigenvalue weighted by Crippen LogP contribution is 2.21. The summed E-state index contributed by atoms with van der Waals surface area (Å²) in [4.78, 5) is 17.1. The van der Waals surface area contributed by atoms with Crippen molar-refractivity contribution in [3.05, 3.63) is 0 Å². The molecule has 4 heteroatoms. The molecule has 0 aromatic carbocycles. The molecule has 2 aliphatic rings. The van der Waals surface area contributed by atoms with Crippen molar-refractivity contribution in [1.29, 1.82) is 0 Å². The summed E-state index contributed by atoms with van der Waals surface area (Å²) in [6.07, 6.45) is 8.13. The third-order valence-corrected chi connectivity index (χ3v) is 4.53. The molecule has 0 bridgehead atoms. The fourth-order valence-corrected chi connectivity index (χ4v) is 3.27. The first-order chi connectivity index (χ1) is 9.31. The molecule has 19 heavy (non-hydrogen) atoms. The second-order valence-electron chi connectivity index (χ2n) is 6.00. The number of carbonyl (C=O) groups excluding carboxylic acids is 1. The minimum absolute atomic E-state index is 0.284. The van der Waals surface area contributed by atoms with Crippen LogP contribution in [0.1, 0.15) is 44.9 Å². The van der Waals surface area contributed by atoms with Crippen LogP contribution in [0.3, 0.4) is 0 Å². The number of piperidine rings is 1. The third kappa shape index (κ3) is 4.46. The van der Waals surface area contributed by atoms with Gasteiger partial charge in [-0.25, -0.2) is 0 Å². The van der Waals surface area contributed by atoms with E-state index in [1.165, 1.54) is 25.7 Å². The Morgan fingerprint density at radius 2 is 1.63 bits per heavy atom. The first-order valence-corrected chi connectivity index (χ1v) is 8.02. The average Bonchev–Trinajstić information content (AvgIpc) is 2.74. The predicted molar refractivity (Wildman–Crippen MR) is 77.9 cm³/mol. The van der Waals surface area contributed by atoms with Crippen LogP contribution in [0.25, 0.3) is 0 Å². The van der Waals surface area contributed by atoms with E-state index in [0.717, 1.165) is 58.5 Å². The molecule has 0 atom stereocenters. The van der Waals surface area contributed by atoms with Crippen LogP contribution in [-0.2, 0) is 4.79 Å². The molecule has 2 saturated heterocycles. The van der Waals surface area contributed by atoms with Gasteiger partial charge in [-0.05, 0) is 58.3 Å². The van der Waals surface area contributed by atoms with Crippen LogP contribution >= 0.6 is 0 Å². The molecule has 4 nitrogen and oxygen atoms in total. The fraction of sp³-hybridized carbons (Fsp3) is 0.933. The zero-order valence-electron chi connectivity index (χ0n) is 12.1. The molecule has 110 valence electrons. The normalized spacial score (nSPS) is 23.3. The zero-order chi connectivity index (χ0) is 13.5. The standard InChI is InChI=1S/C15H29N3O/c16-8-5-9-17-12-6-14(7-13-17)15(19)18-10-3-1-2-4-11-18/h14H,1-13,16H2. The minimum atomic E-state index is 0.284. The molecule has 0 aromatic rings. The Balaban J connectivity index is 1.75. The molecule has 0 aliphatic carbocycles. The quantitative estimate of drug-likeness (QED) is 0.839. The zero-order valence-corrected chi connectivity index (χ0v) is 12.1. The van der Waals surface area contributed by atoms with E-state index in [1.54, 1.807) is 0 Å². The Kier molecular flexibility index (Phi) is 6.11. The number of amides is 1. The molecular weight excluding hydrogens is 238 g/mol. The van der Waals surface area contributed by atoms with Gasteiger partial charge in [-0.1, -0.05) is 12.8 Å². The van der Waals surface area contributed by atoms with Crippen molar-refractivity contribution in [3.63, 3.8) is 0 Å². The molecule has 2 rings (SSSR count). The number of carbonyl (C=O) groups is 1. The molecule has 2 aliphatic heterocycles. The molecular formula is C15H29N3O.